The molecule has 3 aromatic carbocycles. The van der Waals surface area contributed by atoms with Crippen LogP contribution < -0.4 is 15.0 Å². The van der Waals surface area contributed by atoms with E-state index < -0.39 is 17.9 Å². The minimum Gasteiger partial charge on any atom is -0.494 e. The smallest absolute Gasteiger partial charge is 0.252 e. The van der Waals surface area contributed by atoms with Gasteiger partial charge in [0.1, 0.15) is 11.8 Å². The lowest BCUT2D eigenvalue weighted by Gasteiger charge is -2.36. The van der Waals surface area contributed by atoms with Crippen molar-refractivity contribution in [3.8, 4) is 5.75 Å². The Bertz CT molecular complexity index is 1540. The first-order valence-corrected chi connectivity index (χ1v) is 14.8. The summed E-state index contributed by atoms with van der Waals surface area (Å²) in [5, 5.41) is 3.96. The highest BCUT2D eigenvalue weighted by atomic mass is 16.5. The van der Waals surface area contributed by atoms with Crippen LogP contribution in [0, 0.1) is 0 Å². The number of H-pyrrole nitrogens is 1. The molecule has 0 saturated carbocycles. The van der Waals surface area contributed by atoms with Crippen LogP contribution in [0.25, 0.3) is 10.9 Å². The largest absolute Gasteiger partial charge is 0.494 e. The Morgan fingerprint density at radius 3 is 2.35 bits per heavy atom. The maximum Gasteiger partial charge on any atom is 0.252 e. The molecule has 0 radical (unpaired) electrons. The third kappa shape index (κ3) is 7.42. The number of ether oxygens (including phenoxy) is 1. The highest BCUT2D eigenvalue weighted by molar-refractivity contribution is 5.99. The predicted molar refractivity (Wildman–Crippen MR) is 168 cm³/mol. The van der Waals surface area contributed by atoms with Crippen molar-refractivity contribution >= 4 is 34.3 Å². The zero-order chi connectivity index (χ0) is 30.2. The number of hydrogen-bond donors (Lipinski definition) is 2. The number of aromatic amines is 1. The van der Waals surface area contributed by atoms with Crippen molar-refractivity contribution in [1.29, 1.82) is 0 Å². The number of nitrogens with zero attached hydrogens (tertiary/aromatic N) is 3. The van der Waals surface area contributed by atoms with Crippen LogP contribution in [0.15, 0.2) is 85.1 Å². The number of amides is 3. The van der Waals surface area contributed by atoms with Crippen LogP contribution >= 0.6 is 0 Å². The molecule has 1 aromatic heterocycles. The van der Waals surface area contributed by atoms with E-state index in [0.717, 1.165) is 48.2 Å². The summed E-state index contributed by atoms with van der Waals surface area (Å²) in [4.78, 5) is 49.2. The Morgan fingerprint density at radius 2 is 1.60 bits per heavy atom. The quantitative estimate of drug-likeness (QED) is 0.278. The number of anilines is 1. The Labute approximate surface area is 252 Å². The first-order chi connectivity index (χ1) is 20.9. The molecule has 5 rings (SSSR count). The molecule has 0 aliphatic carbocycles. The molecule has 1 saturated heterocycles. The van der Waals surface area contributed by atoms with E-state index in [0.29, 0.717) is 12.4 Å². The van der Waals surface area contributed by atoms with Gasteiger partial charge >= 0.3 is 0 Å². The molecule has 1 unspecified atom stereocenters. The SMILES string of the molecule is CCOc1ccccc1CN(C(C)=O)C(=O)C(Cc1c[nH]c2ccccc12)NC(=O)CN1CCN(c2ccccc2)CC1. The van der Waals surface area contributed by atoms with Gasteiger partial charge in [-0.25, -0.2) is 0 Å². The maximum atomic E-state index is 14.1. The molecule has 3 amide bonds. The molecular formula is C34H39N5O4. The topological polar surface area (TPSA) is 98.0 Å². The van der Waals surface area contributed by atoms with Gasteiger partial charge < -0.3 is 19.9 Å². The fourth-order valence-corrected chi connectivity index (χ4v) is 5.60. The number of carbonyl (C=O) groups is 3. The third-order valence-electron chi connectivity index (χ3n) is 7.84. The van der Waals surface area contributed by atoms with Gasteiger partial charge in [-0.1, -0.05) is 54.6 Å². The van der Waals surface area contributed by atoms with Crippen LogP contribution in [0.5, 0.6) is 5.75 Å². The summed E-state index contributed by atoms with van der Waals surface area (Å²) in [6.45, 7) is 7.04. The van der Waals surface area contributed by atoms with Gasteiger partial charge in [0.15, 0.2) is 0 Å². The normalized spacial score (nSPS) is 14.3. The van der Waals surface area contributed by atoms with Gasteiger partial charge in [-0.05, 0) is 36.8 Å². The van der Waals surface area contributed by atoms with E-state index in [2.05, 4.69) is 32.2 Å². The van der Waals surface area contributed by atoms with Crippen LogP contribution in [-0.4, -0.2) is 77.9 Å². The van der Waals surface area contributed by atoms with Crippen molar-refractivity contribution in [3.63, 3.8) is 0 Å². The zero-order valence-corrected chi connectivity index (χ0v) is 24.8. The second-order valence-corrected chi connectivity index (χ2v) is 10.8. The maximum absolute atomic E-state index is 14.1. The molecular weight excluding hydrogens is 542 g/mol. The van der Waals surface area contributed by atoms with Crippen molar-refractivity contribution in [2.24, 2.45) is 0 Å². The van der Waals surface area contributed by atoms with E-state index in [-0.39, 0.29) is 25.4 Å². The number of para-hydroxylation sites is 3. The molecule has 1 aliphatic rings. The molecule has 43 heavy (non-hydrogen) atoms. The van der Waals surface area contributed by atoms with Gasteiger partial charge in [-0.15, -0.1) is 0 Å². The average Bonchev–Trinajstić information content (AvgIpc) is 3.43. The molecule has 4 aromatic rings. The standard InChI is InChI=1S/C34H39N5O4/c1-3-43-32-16-10-7-11-26(32)23-39(25(2)40)34(42)31(21-27-22-35-30-15-9-8-14-29(27)30)36-33(41)24-37-17-19-38(20-18-37)28-12-5-4-6-13-28/h4-16,22,31,35H,3,17-21,23-24H2,1-2H3,(H,36,41). The second kappa shape index (κ2) is 14.0. The van der Waals surface area contributed by atoms with E-state index >= 15 is 0 Å². The van der Waals surface area contributed by atoms with Crippen LogP contribution in [-0.2, 0) is 27.3 Å². The molecule has 1 fully saturated rings. The van der Waals surface area contributed by atoms with Gasteiger partial charge in [0.05, 0.1) is 19.7 Å². The van der Waals surface area contributed by atoms with Crippen molar-refractivity contribution in [2.75, 3.05) is 44.2 Å². The number of nitrogens with one attached hydrogen (secondary N) is 2. The number of aromatic nitrogens is 1. The first-order valence-electron chi connectivity index (χ1n) is 14.8. The molecule has 9 nitrogen and oxygen atoms in total. The van der Waals surface area contributed by atoms with Gasteiger partial charge in [0.2, 0.25) is 11.8 Å². The Hall–Kier alpha value is -4.63. The first kappa shape index (κ1) is 29.8. The van der Waals surface area contributed by atoms with Crippen molar-refractivity contribution in [3.05, 3.63) is 96.2 Å². The predicted octanol–water partition coefficient (Wildman–Crippen LogP) is 3.99. The highest BCUT2D eigenvalue weighted by Gasteiger charge is 2.31. The summed E-state index contributed by atoms with van der Waals surface area (Å²) in [6.07, 6.45) is 2.11. The van der Waals surface area contributed by atoms with Crippen LogP contribution in [0.3, 0.4) is 0 Å². The molecule has 0 bridgehead atoms. The summed E-state index contributed by atoms with van der Waals surface area (Å²) in [6, 6.07) is 24.5. The lowest BCUT2D eigenvalue weighted by atomic mass is 10.0. The molecule has 2 N–H and O–H groups in total. The number of benzene rings is 3. The number of imide groups is 1. The molecule has 1 aliphatic heterocycles. The number of carbonyl (C=O) groups excluding carboxylic acids is 3. The van der Waals surface area contributed by atoms with E-state index in [9.17, 15) is 14.4 Å². The Balaban J connectivity index is 1.32. The molecule has 224 valence electrons. The monoisotopic (exact) mass is 581 g/mol. The van der Waals surface area contributed by atoms with Crippen molar-refractivity contribution in [2.45, 2.75) is 32.9 Å². The van der Waals surface area contributed by atoms with Gasteiger partial charge in [0, 0.05) is 67.9 Å². The van der Waals surface area contributed by atoms with Crippen molar-refractivity contribution < 1.29 is 19.1 Å². The van der Waals surface area contributed by atoms with E-state index in [1.807, 2.05) is 79.9 Å². The third-order valence-corrected chi connectivity index (χ3v) is 7.84. The van der Waals surface area contributed by atoms with Crippen molar-refractivity contribution in [1.82, 2.24) is 20.1 Å². The number of fused-ring (bicyclic) bond motifs is 1. The highest BCUT2D eigenvalue weighted by Crippen LogP contribution is 2.23. The zero-order valence-electron chi connectivity index (χ0n) is 24.8. The summed E-state index contributed by atoms with van der Waals surface area (Å²) >= 11 is 0. The summed E-state index contributed by atoms with van der Waals surface area (Å²) in [5.41, 5.74) is 3.73. The fraction of sp³-hybridized carbons (Fsp3) is 0.324. The summed E-state index contributed by atoms with van der Waals surface area (Å²) in [7, 11) is 0. The molecule has 1 atom stereocenters. The minimum absolute atomic E-state index is 0.0477. The lowest BCUT2D eigenvalue weighted by Crippen LogP contribution is -2.54. The van der Waals surface area contributed by atoms with Gasteiger partial charge in [-0.2, -0.15) is 0 Å². The minimum atomic E-state index is -0.930. The number of rotatable bonds is 11. The molecule has 9 heteroatoms. The van der Waals surface area contributed by atoms with E-state index in [4.69, 9.17) is 4.74 Å². The van der Waals surface area contributed by atoms with Gasteiger partial charge in [-0.3, -0.25) is 24.2 Å². The molecule has 2 heterocycles. The van der Waals surface area contributed by atoms with Crippen LogP contribution in [0.2, 0.25) is 0 Å². The van der Waals surface area contributed by atoms with Gasteiger partial charge in [0.25, 0.3) is 5.91 Å². The van der Waals surface area contributed by atoms with E-state index in [1.165, 1.54) is 17.5 Å². The van der Waals surface area contributed by atoms with Crippen LogP contribution in [0.1, 0.15) is 25.0 Å². The number of hydrogen-bond acceptors (Lipinski definition) is 6. The lowest BCUT2D eigenvalue weighted by molar-refractivity contribution is -0.147. The summed E-state index contributed by atoms with van der Waals surface area (Å²) < 4.78 is 5.74. The number of piperazine rings is 1. The molecule has 0 spiro atoms. The van der Waals surface area contributed by atoms with E-state index in [1.54, 1.807) is 0 Å². The average molecular weight is 582 g/mol. The Kier molecular flexibility index (Phi) is 9.73. The Morgan fingerprint density at radius 1 is 0.907 bits per heavy atom. The summed E-state index contributed by atoms with van der Waals surface area (Å²) in [5.74, 6) is -0.474. The fourth-order valence-electron chi connectivity index (χ4n) is 5.60. The second-order valence-electron chi connectivity index (χ2n) is 10.8. The van der Waals surface area contributed by atoms with Crippen LogP contribution in [0.4, 0.5) is 5.69 Å².